The van der Waals surface area contributed by atoms with Crippen molar-refractivity contribution in [3.8, 4) is 0 Å². The summed E-state index contributed by atoms with van der Waals surface area (Å²) >= 11 is 0. The minimum atomic E-state index is -1.88. The van der Waals surface area contributed by atoms with Gasteiger partial charge in [-0.2, -0.15) is 0 Å². The van der Waals surface area contributed by atoms with Crippen molar-refractivity contribution in [2.75, 3.05) is 13.2 Å². The summed E-state index contributed by atoms with van der Waals surface area (Å²) in [6.45, 7) is 12.3. The summed E-state index contributed by atoms with van der Waals surface area (Å²) in [5, 5.41) is 7.87. The number of oxime groups is 2. The Morgan fingerprint density at radius 2 is 1.62 bits per heavy atom. The molecule has 120 valence electrons. The van der Waals surface area contributed by atoms with Crippen LogP contribution < -0.4 is 0 Å². The fourth-order valence-corrected chi connectivity index (χ4v) is 1.91. The molecule has 0 N–H and O–H groups in total. The Hall–Kier alpha value is -1.63. The van der Waals surface area contributed by atoms with E-state index in [-0.39, 0.29) is 5.97 Å². The quantitative estimate of drug-likeness (QED) is 0.284. The summed E-state index contributed by atoms with van der Waals surface area (Å²) in [6.07, 6.45) is 3.39. The standard InChI is InChI=1S/C14H26N2O4Si/c1-7-18-15-12(3)11-13(16-19-8-2)9-10-14(17)20-21(4,5)6/h9-10H,7-8,11H2,1-6H3/b10-9+,15-12+,16-13-. The Morgan fingerprint density at radius 1 is 1.05 bits per heavy atom. The molecule has 7 heteroatoms. The molecule has 0 saturated carbocycles. The van der Waals surface area contributed by atoms with Crippen LogP contribution in [0.25, 0.3) is 0 Å². The predicted molar refractivity (Wildman–Crippen MR) is 87.0 cm³/mol. The molecule has 0 aliphatic heterocycles. The molecule has 6 nitrogen and oxygen atoms in total. The average molecular weight is 314 g/mol. The van der Waals surface area contributed by atoms with Crippen LogP contribution in [0.5, 0.6) is 0 Å². The van der Waals surface area contributed by atoms with Gasteiger partial charge in [0.1, 0.15) is 13.2 Å². The van der Waals surface area contributed by atoms with Crippen molar-refractivity contribution in [2.45, 2.75) is 46.8 Å². The van der Waals surface area contributed by atoms with Crippen molar-refractivity contribution >= 4 is 25.7 Å². The maximum Gasteiger partial charge on any atom is 0.317 e. The summed E-state index contributed by atoms with van der Waals surface area (Å²) in [5.41, 5.74) is 1.34. The summed E-state index contributed by atoms with van der Waals surface area (Å²) in [4.78, 5) is 21.7. The fraction of sp³-hybridized carbons (Fsp3) is 0.643. The molecule has 0 atom stereocenters. The van der Waals surface area contributed by atoms with E-state index in [1.807, 2.05) is 40.4 Å². The molecule has 0 bridgehead atoms. The van der Waals surface area contributed by atoms with Gasteiger partial charge in [-0.05, 0) is 46.5 Å². The van der Waals surface area contributed by atoms with E-state index in [1.165, 1.54) is 6.08 Å². The first-order valence-corrected chi connectivity index (χ1v) is 10.4. The molecule has 0 aromatic heterocycles. The lowest BCUT2D eigenvalue weighted by Gasteiger charge is -2.15. The van der Waals surface area contributed by atoms with E-state index in [0.29, 0.717) is 25.3 Å². The van der Waals surface area contributed by atoms with Gasteiger partial charge in [0.2, 0.25) is 8.32 Å². The summed E-state index contributed by atoms with van der Waals surface area (Å²) in [5.74, 6) is -0.363. The van der Waals surface area contributed by atoms with Crippen molar-refractivity contribution in [3.63, 3.8) is 0 Å². The molecule has 0 rings (SSSR count). The Balaban J connectivity index is 4.74. The van der Waals surface area contributed by atoms with Gasteiger partial charge in [-0.15, -0.1) is 0 Å². The van der Waals surface area contributed by atoms with Gasteiger partial charge < -0.3 is 14.1 Å². The van der Waals surface area contributed by atoms with Crippen molar-refractivity contribution in [2.24, 2.45) is 10.3 Å². The van der Waals surface area contributed by atoms with Gasteiger partial charge >= 0.3 is 5.97 Å². The molecular formula is C14H26N2O4Si. The van der Waals surface area contributed by atoms with E-state index >= 15 is 0 Å². The topological polar surface area (TPSA) is 69.5 Å². The van der Waals surface area contributed by atoms with Crippen LogP contribution in [0.3, 0.4) is 0 Å². The molecule has 0 aliphatic carbocycles. The molecule has 0 radical (unpaired) electrons. The molecule has 0 aromatic carbocycles. The van der Waals surface area contributed by atoms with Gasteiger partial charge in [0.05, 0.1) is 11.4 Å². The number of rotatable bonds is 9. The summed E-state index contributed by atoms with van der Waals surface area (Å²) < 4.78 is 5.32. The highest BCUT2D eigenvalue weighted by Crippen LogP contribution is 2.04. The molecule has 0 aromatic rings. The zero-order valence-electron chi connectivity index (χ0n) is 13.8. The predicted octanol–water partition coefficient (Wildman–Crippen LogP) is 3.12. The largest absolute Gasteiger partial charge is 0.517 e. The van der Waals surface area contributed by atoms with Crippen LogP contribution in [-0.2, 0) is 18.9 Å². The van der Waals surface area contributed by atoms with Gasteiger partial charge in [-0.25, -0.2) is 4.79 Å². The molecule has 0 fully saturated rings. The zero-order chi connectivity index (χ0) is 16.3. The van der Waals surface area contributed by atoms with E-state index in [4.69, 9.17) is 14.1 Å². The molecule has 0 saturated heterocycles. The van der Waals surface area contributed by atoms with Crippen molar-refractivity contribution in [3.05, 3.63) is 12.2 Å². The van der Waals surface area contributed by atoms with E-state index in [1.54, 1.807) is 6.08 Å². The van der Waals surface area contributed by atoms with Gasteiger partial charge in [0, 0.05) is 12.5 Å². The Kier molecular flexibility index (Phi) is 9.36. The van der Waals surface area contributed by atoms with Gasteiger partial charge in [-0.3, -0.25) is 0 Å². The highest BCUT2D eigenvalue weighted by Gasteiger charge is 2.18. The molecule has 0 unspecified atom stereocenters. The third kappa shape index (κ3) is 11.9. The minimum absolute atomic E-state index is 0.363. The number of nitrogens with zero attached hydrogens (tertiary/aromatic N) is 2. The Labute approximate surface area is 127 Å². The van der Waals surface area contributed by atoms with Crippen LogP contribution in [-0.4, -0.2) is 38.9 Å². The van der Waals surface area contributed by atoms with Crippen LogP contribution in [0.4, 0.5) is 0 Å². The van der Waals surface area contributed by atoms with Crippen molar-refractivity contribution in [1.82, 2.24) is 0 Å². The maximum atomic E-state index is 11.7. The zero-order valence-corrected chi connectivity index (χ0v) is 14.8. The highest BCUT2D eigenvalue weighted by molar-refractivity contribution is 6.71. The van der Waals surface area contributed by atoms with Crippen molar-refractivity contribution < 1.29 is 18.9 Å². The molecule has 0 amide bonds. The average Bonchev–Trinajstić information content (AvgIpc) is 2.37. The lowest BCUT2D eigenvalue weighted by molar-refractivity contribution is -0.129. The normalized spacial score (nSPS) is 13.4. The van der Waals surface area contributed by atoms with Crippen molar-refractivity contribution in [1.29, 1.82) is 0 Å². The van der Waals surface area contributed by atoms with Gasteiger partial charge in [-0.1, -0.05) is 10.3 Å². The molecule has 21 heavy (non-hydrogen) atoms. The molecule has 0 spiro atoms. The summed E-state index contributed by atoms with van der Waals surface area (Å²) in [6, 6.07) is 0. The third-order valence-electron chi connectivity index (χ3n) is 1.92. The smallest absolute Gasteiger partial charge is 0.317 e. The number of carbonyl (C=O) groups excluding carboxylic acids is 1. The minimum Gasteiger partial charge on any atom is -0.517 e. The van der Waals surface area contributed by atoms with Crippen LogP contribution >= 0.6 is 0 Å². The van der Waals surface area contributed by atoms with Crippen LogP contribution in [0.1, 0.15) is 27.2 Å². The first kappa shape index (κ1) is 19.4. The second kappa shape index (κ2) is 10.1. The number of hydrogen-bond acceptors (Lipinski definition) is 6. The number of carbonyl (C=O) groups is 1. The first-order valence-electron chi connectivity index (χ1n) is 7.03. The molecular weight excluding hydrogens is 288 g/mol. The SMILES string of the molecule is CCO/N=C(\C)CC(/C=C/C(=O)O[Si](C)(C)C)=N\OCC. The van der Waals surface area contributed by atoms with Gasteiger partial charge in [0.15, 0.2) is 0 Å². The second-order valence-corrected chi connectivity index (χ2v) is 9.72. The number of allylic oxidation sites excluding steroid dienone is 1. The highest BCUT2D eigenvalue weighted by atomic mass is 28.4. The van der Waals surface area contributed by atoms with Crippen LogP contribution in [0.2, 0.25) is 19.6 Å². The lowest BCUT2D eigenvalue weighted by atomic mass is 10.2. The van der Waals surface area contributed by atoms with E-state index in [9.17, 15) is 4.79 Å². The maximum absolute atomic E-state index is 11.7. The molecule has 0 aliphatic rings. The van der Waals surface area contributed by atoms with Gasteiger partial charge in [0.25, 0.3) is 0 Å². The Bertz CT molecular complexity index is 412. The lowest BCUT2D eigenvalue weighted by Crippen LogP contribution is -2.28. The summed E-state index contributed by atoms with van der Waals surface area (Å²) in [7, 11) is -1.88. The van der Waals surface area contributed by atoms with E-state index in [0.717, 1.165) is 5.71 Å². The second-order valence-electron chi connectivity index (χ2n) is 5.29. The van der Waals surface area contributed by atoms with Crippen LogP contribution in [0, 0.1) is 0 Å². The fourth-order valence-electron chi connectivity index (χ4n) is 1.24. The monoisotopic (exact) mass is 314 g/mol. The third-order valence-corrected chi connectivity index (χ3v) is 2.73. The van der Waals surface area contributed by atoms with E-state index < -0.39 is 8.32 Å². The van der Waals surface area contributed by atoms with Crippen LogP contribution in [0.15, 0.2) is 22.5 Å². The molecule has 0 heterocycles. The number of hydrogen-bond donors (Lipinski definition) is 0. The van der Waals surface area contributed by atoms with E-state index in [2.05, 4.69) is 10.3 Å². The Morgan fingerprint density at radius 3 is 2.14 bits per heavy atom. The first-order chi connectivity index (χ1) is 9.78.